The summed E-state index contributed by atoms with van der Waals surface area (Å²) in [6, 6.07) is 10.8. The monoisotopic (exact) mass is 394 g/mol. The van der Waals surface area contributed by atoms with Crippen molar-refractivity contribution in [3.05, 3.63) is 76.4 Å². The van der Waals surface area contributed by atoms with Crippen LogP contribution in [0.3, 0.4) is 0 Å². The van der Waals surface area contributed by atoms with Gasteiger partial charge in [0.1, 0.15) is 11.6 Å². The molecule has 2 aliphatic carbocycles. The second-order valence-electron chi connectivity index (χ2n) is 8.98. The van der Waals surface area contributed by atoms with Gasteiger partial charge in [-0.15, -0.1) is 0 Å². The topological polar surface area (TPSA) is 0 Å². The molecular weight excluding hydrogens is 362 g/mol. The first-order valence-electron chi connectivity index (χ1n) is 11.4. The van der Waals surface area contributed by atoms with Gasteiger partial charge in [-0.3, -0.25) is 0 Å². The summed E-state index contributed by atoms with van der Waals surface area (Å²) in [5.74, 6) is 1.02. The number of hydrogen-bond acceptors (Lipinski definition) is 0. The molecule has 0 nitrogen and oxygen atoms in total. The van der Waals surface area contributed by atoms with Gasteiger partial charge in [-0.2, -0.15) is 0 Å². The maximum absolute atomic E-state index is 15.0. The molecule has 1 fully saturated rings. The highest BCUT2D eigenvalue weighted by atomic mass is 19.1. The van der Waals surface area contributed by atoms with Gasteiger partial charge < -0.3 is 0 Å². The summed E-state index contributed by atoms with van der Waals surface area (Å²) in [7, 11) is 0. The van der Waals surface area contributed by atoms with Gasteiger partial charge in [-0.05, 0) is 90.8 Å². The zero-order valence-electron chi connectivity index (χ0n) is 17.5. The van der Waals surface area contributed by atoms with Crippen LogP contribution < -0.4 is 0 Å². The van der Waals surface area contributed by atoms with Crippen LogP contribution in [0.4, 0.5) is 8.78 Å². The Morgan fingerprint density at radius 3 is 2.48 bits per heavy atom. The lowest BCUT2D eigenvalue weighted by molar-refractivity contribution is 0.302. The first-order chi connectivity index (χ1) is 14.1. The molecule has 0 heterocycles. The maximum atomic E-state index is 15.0. The number of hydrogen-bond donors (Lipinski definition) is 0. The highest BCUT2D eigenvalue weighted by molar-refractivity contribution is 5.71. The number of benzene rings is 2. The fraction of sp³-hybridized carbons (Fsp3) is 0.481. The van der Waals surface area contributed by atoms with Gasteiger partial charge in [-0.1, -0.05) is 56.9 Å². The number of unbranched alkanes of at least 4 members (excludes halogenated alkanes) is 2. The smallest absolute Gasteiger partial charge is 0.130 e. The van der Waals surface area contributed by atoms with E-state index in [0.29, 0.717) is 17.9 Å². The first kappa shape index (κ1) is 20.3. The Bertz CT molecular complexity index is 872. The van der Waals surface area contributed by atoms with Gasteiger partial charge in [0.05, 0.1) is 0 Å². The van der Waals surface area contributed by atoms with Crippen LogP contribution >= 0.6 is 0 Å². The molecule has 2 heteroatoms. The average Bonchev–Trinajstić information content (AvgIpc) is 2.74. The molecule has 1 saturated carbocycles. The second-order valence-corrected chi connectivity index (χ2v) is 8.98. The third-order valence-electron chi connectivity index (χ3n) is 6.99. The highest BCUT2D eigenvalue weighted by Crippen LogP contribution is 2.39. The molecule has 0 atom stereocenters. The molecule has 29 heavy (non-hydrogen) atoms. The average molecular weight is 395 g/mol. The van der Waals surface area contributed by atoms with Crippen LogP contribution in [0.5, 0.6) is 0 Å². The van der Waals surface area contributed by atoms with Crippen molar-refractivity contribution in [1.29, 1.82) is 0 Å². The van der Waals surface area contributed by atoms with E-state index in [0.717, 1.165) is 34.6 Å². The minimum atomic E-state index is -0.217. The van der Waals surface area contributed by atoms with E-state index in [1.807, 2.05) is 12.1 Å². The lowest BCUT2D eigenvalue weighted by Crippen LogP contribution is -2.14. The Morgan fingerprint density at radius 2 is 1.72 bits per heavy atom. The summed E-state index contributed by atoms with van der Waals surface area (Å²) in [5, 5.41) is 0. The number of fused-ring (bicyclic) bond motifs is 1. The molecule has 0 aromatic heterocycles. The minimum Gasteiger partial charge on any atom is -0.207 e. The van der Waals surface area contributed by atoms with Crippen LogP contribution in [0.25, 0.3) is 5.57 Å². The predicted molar refractivity (Wildman–Crippen MR) is 117 cm³/mol. The fourth-order valence-corrected chi connectivity index (χ4v) is 5.19. The molecule has 0 unspecified atom stereocenters. The van der Waals surface area contributed by atoms with Crippen LogP contribution in [0, 0.1) is 17.6 Å². The van der Waals surface area contributed by atoms with Crippen LogP contribution in [0.2, 0.25) is 0 Å². The molecule has 0 spiro atoms. The van der Waals surface area contributed by atoms with Crippen molar-refractivity contribution in [3.8, 4) is 0 Å². The van der Waals surface area contributed by atoms with Crippen molar-refractivity contribution in [2.75, 3.05) is 0 Å². The second kappa shape index (κ2) is 9.24. The molecule has 2 aliphatic rings. The Kier molecular flexibility index (Phi) is 6.47. The lowest BCUT2D eigenvalue weighted by atomic mass is 9.76. The molecule has 0 amide bonds. The van der Waals surface area contributed by atoms with E-state index < -0.39 is 0 Å². The fourth-order valence-electron chi connectivity index (χ4n) is 5.19. The third-order valence-corrected chi connectivity index (χ3v) is 6.99. The van der Waals surface area contributed by atoms with Gasteiger partial charge in [0, 0.05) is 5.56 Å². The summed E-state index contributed by atoms with van der Waals surface area (Å²) in [4.78, 5) is 0. The molecule has 2 aromatic carbocycles. The zero-order chi connectivity index (χ0) is 20.2. The van der Waals surface area contributed by atoms with Gasteiger partial charge in [0.25, 0.3) is 0 Å². The van der Waals surface area contributed by atoms with Gasteiger partial charge in [0.15, 0.2) is 0 Å². The van der Waals surface area contributed by atoms with E-state index >= 15 is 4.39 Å². The quantitative estimate of drug-likeness (QED) is 0.435. The molecule has 4 rings (SSSR count). The summed E-state index contributed by atoms with van der Waals surface area (Å²) < 4.78 is 28.6. The van der Waals surface area contributed by atoms with Crippen molar-refractivity contribution in [1.82, 2.24) is 0 Å². The Hall–Kier alpha value is -1.96. The summed E-state index contributed by atoms with van der Waals surface area (Å²) in [5.41, 5.74) is 4.93. The molecule has 0 N–H and O–H groups in total. The van der Waals surface area contributed by atoms with Crippen LogP contribution in [-0.2, 0) is 12.8 Å². The Morgan fingerprint density at radius 1 is 0.897 bits per heavy atom. The van der Waals surface area contributed by atoms with Crippen LogP contribution in [0.15, 0.2) is 42.5 Å². The van der Waals surface area contributed by atoms with Gasteiger partial charge in [0.2, 0.25) is 0 Å². The van der Waals surface area contributed by atoms with Crippen molar-refractivity contribution in [2.45, 2.75) is 77.0 Å². The number of allylic oxidation sites excluding steroid dienone is 2. The first-order valence-corrected chi connectivity index (χ1v) is 11.4. The molecule has 0 radical (unpaired) electrons. The molecule has 2 aromatic rings. The molecule has 0 bridgehead atoms. The Balaban J connectivity index is 1.41. The number of halogens is 2. The molecule has 154 valence electrons. The van der Waals surface area contributed by atoms with Crippen LogP contribution in [0.1, 0.15) is 86.5 Å². The van der Waals surface area contributed by atoms with E-state index in [1.54, 1.807) is 12.1 Å². The Labute approximate surface area is 174 Å². The van der Waals surface area contributed by atoms with Crippen LogP contribution in [-0.4, -0.2) is 0 Å². The molecule has 0 saturated heterocycles. The molecular formula is C27H32F2. The maximum Gasteiger partial charge on any atom is 0.130 e. The van der Waals surface area contributed by atoms with Crippen molar-refractivity contribution in [3.63, 3.8) is 0 Å². The summed E-state index contributed by atoms with van der Waals surface area (Å²) in [6.45, 7) is 2.26. The van der Waals surface area contributed by atoms with Gasteiger partial charge >= 0.3 is 0 Å². The van der Waals surface area contributed by atoms with E-state index in [-0.39, 0.29) is 11.6 Å². The summed E-state index contributed by atoms with van der Waals surface area (Å²) >= 11 is 0. The minimum absolute atomic E-state index is 0.126. The number of rotatable bonds is 6. The third kappa shape index (κ3) is 4.79. The molecule has 0 aliphatic heterocycles. The lowest BCUT2D eigenvalue weighted by Gasteiger charge is -2.29. The largest absolute Gasteiger partial charge is 0.207 e. The van der Waals surface area contributed by atoms with E-state index in [1.165, 1.54) is 57.4 Å². The standard InChI is InChI=1S/C27H32F2/c1-2-3-4-5-19-6-8-20(9-7-19)22-13-15-26(27(29)18-22)23-11-10-21-12-14-25(28)17-24(21)16-23/h11-15,17-20H,2-10,16H2,1H3. The normalized spacial score (nSPS) is 21.6. The van der Waals surface area contributed by atoms with Gasteiger partial charge in [-0.25, -0.2) is 8.78 Å². The van der Waals surface area contributed by atoms with E-state index in [4.69, 9.17) is 0 Å². The van der Waals surface area contributed by atoms with Crippen molar-refractivity contribution in [2.24, 2.45) is 5.92 Å². The van der Waals surface area contributed by atoms with E-state index in [9.17, 15) is 4.39 Å². The zero-order valence-corrected chi connectivity index (χ0v) is 17.5. The summed E-state index contributed by atoms with van der Waals surface area (Å²) in [6.07, 6.45) is 13.7. The SMILES string of the molecule is CCCCCC1CCC(c2ccc(C3=CCc4ccc(F)cc4C3)c(F)c2)CC1. The van der Waals surface area contributed by atoms with Crippen molar-refractivity contribution >= 4 is 5.57 Å². The highest BCUT2D eigenvalue weighted by Gasteiger charge is 2.23. The van der Waals surface area contributed by atoms with E-state index in [2.05, 4.69) is 19.1 Å². The van der Waals surface area contributed by atoms with Crippen molar-refractivity contribution < 1.29 is 8.78 Å². The predicted octanol–water partition coefficient (Wildman–Crippen LogP) is 8.00.